The number of aromatic nitrogens is 2. The summed E-state index contributed by atoms with van der Waals surface area (Å²) in [4.78, 5) is 19.6. The van der Waals surface area contributed by atoms with Crippen molar-refractivity contribution in [1.29, 1.82) is 0 Å². The van der Waals surface area contributed by atoms with Gasteiger partial charge in [-0.2, -0.15) is 4.98 Å². The summed E-state index contributed by atoms with van der Waals surface area (Å²) < 4.78 is 5.67. The van der Waals surface area contributed by atoms with E-state index in [1.54, 1.807) is 6.20 Å². The molecule has 0 atom stereocenters. The predicted octanol–water partition coefficient (Wildman–Crippen LogP) is 3.16. The Kier molecular flexibility index (Phi) is 2.95. The molecule has 100 valence electrons. The molecule has 1 N–H and O–H groups in total. The molecule has 1 amide bonds. The fourth-order valence-corrected chi connectivity index (χ4v) is 2.02. The number of pyridine rings is 1. The Balaban J connectivity index is 2.01. The molecule has 0 unspecified atom stereocenters. The molecule has 0 aliphatic rings. The van der Waals surface area contributed by atoms with Crippen LogP contribution in [-0.4, -0.2) is 15.9 Å². The summed E-state index contributed by atoms with van der Waals surface area (Å²) in [5.41, 5.74) is 3.84. The Morgan fingerprint density at radius 1 is 1.30 bits per heavy atom. The number of carbonyl (C=O) groups is 1. The molecule has 0 aliphatic heterocycles. The van der Waals surface area contributed by atoms with E-state index in [9.17, 15) is 4.79 Å². The lowest BCUT2D eigenvalue weighted by Gasteiger charge is -2.07. The maximum absolute atomic E-state index is 11.1. The smallest absolute Gasteiger partial charge is 0.228 e. The zero-order valence-electron chi connectivity index (χ0n) is 11.2. The molecular weight excluding hydrogens is 254 g/mol. The highest BCUT2D eigenvalue weighted by Gasteiger charge is 2.10. The molecule has 5 heteroatoms. The third-order valence-electron chi connectivity index (χ3n) is 2.95. The molecule has 0 saturated heterocycles. The van der Waals surface area contributed by atoms with E-state index >= 15 is 0 Å². The van der Waals surface area contributed by atoms with E-state index in [0.717, 1.165) is 16.8 Å². The van der Waals surface area contributed by atoms with Gasteiger partial charge in [0.15, 0.2) is 11.2 Å². The summed E-state index contributed by atoms with van der Waals surface area (Å²) >= 11 is 0. The van der Waals surface area contributed by atoms with Crippen LogP contribution in [0.5, 0.6) is 0 Å². The van der Waals surface area contributed by atoms with Gasteiger partial charge in [0.2, 0.25) is 11.8 Å². The van der Waals surface area contributed by atoms with Crippen molar-refractivity contribution in [3.63, 3.8) is 0 Å². The highest BCUT2D eigenvalue weighted by molar-refractivity contribution is 5.90. The van der Waals surface area contributed by atoms with Crippen molar-refractivity contribution in [3.8, 4) is 11.5 Å². The Labute approximate surface area is 115 Å². The minimum absolute atomic E-state index is 0.0908. The van der Waals surface area contributed by atoms with Crippen molar-refractivity contribution in [1.82, 2.24) is 9.97 Å². The van der Waals surface area contributed by atoms with Crippen LogP contribution in [0.25, 0.3) is 22.7 Å². The number of fused-ring (bicyclic) bond motifs is 1. The van der Waals surface area contributed by atoms with E-state index in [1.807, 2.05) is 37.3 Å². The molecule has 3 aromatic rings. The van der Waals surface area contributed by atoms with Crippen molar-refractivity contribution >= 4 is 22.8 Å². The minimum Gasteiger partial charge on any atom is -0.434 e. The molecule has 1 aromatic carbocycles. The topological polar surface area (TPSA) is 68.0 Å². The van der Waals surface area contributed by atoms with Crippen molar-refractivity contribution in [2.75, 3.05) is 5.32 Å². The average Bonchev–Trinajstić information content (AvgIpc) is 2.84. The third-order valence-corrected chi connectivity index (χ3v) is 2.95. The SMILES string of the molecule is CC(=O)Nc1ccc(-c2nc3ncccc3o2)cc1C. The Bertz CT molecular complexity index is 760. The molecular formula is C15H13N3O2. The van der Waals surface area contributed by atoms with E-state index in [1.165, 1.54) is 6.92 Å². The van der Waals surface area contributed by atoms with Gasteiger partial charge in [0.05, 0.1) is 0 Å². The number of hydrogen-bond acceptors (Lipinski definition) is 4. The van der Waals surface area contributed by atoms with Crippen LogP contribution in [0.15, 0.2) is 40.9 Å². The van der Waals surface area contributed by atoms with Crippen LogP contribution >= 0.6 is 0 Å². The van der Waals surface area contributed by atoms with Gasteiger partial charge in [0.25, 0.3) is 0 Å². The van der Waals surface area contributed by atoms with Gasteiger partial charge in [0.1, 0.15) is 0 Å². The fourth-order valence-electron chi connectivity index (χ4n) is 2.02. The highest BCUT2D eigenvalue weighted by Crippen LogP contribution is 2.26. The highest BCUT2D eigenvalue weighted by atomic mass is 16.3. The summed E-state index contributed by atoms with van der Waals surface area (Å²) in [6.45, 7) is 3.41. The maximum Gasteiger partial charge on any atom is 0.228 e. The standard InChI is InChI=1S/C15H13N3O2/c1-9-8-11(5-6-12(9)17-10(2)19)15-18-14-13(20-15)4-3-7-16-14/h3-8H,1-2H3,(H,17,19). The van der Waals surface area contributed by atoms with Gasteiger partial charge in [-0.25, -0.2) is 4.98 Å². The van der Waals surface area contributed by atoms with Gasteiger partial charge < -0.3 is 9.73 Å². The number of benzene rings is 1. The van der Waals surface area contributed by atoms with Crippen LogP contribution in [0.1, 0.15) is 12.5 Å². The summed E-state index contributed by atoms with van der Waals surface area (Å²) in [6.07, 6.45) is 1.68. The van der Waals surface area contributed by atoms with Crippen LogP contribution in [0, 0.1) is 6.92 Å². The van der Waals surface area contributed by atoms with Gasteiger partial charge >= 0.3 is 0 Å². The Morgan fingerprint density at radius 2 is 2.15 bits per heavy atom. The quantitative estimate of drug-likeness (QED) is 0.774. The monoisotopic (exact) mass is 267 g/mol. The summed E-state index contributed by atoms with van der Waals surface area (Å²) in [5.74, 6) is 0.433. The number of aryl methyl sites for hydroxylation is 1. The number of anilines is 1. The Hall–Kier alpha value is -2.69. The van der Waals surface area contributed by atoms with E-state index < -0.39 is 0 Å². The normalized spacial score (nSPS) is 10.7. The van der Waals surface area contributed by atoms with Crippen molar-refractivity contribution in [2.45, 2.75) is 13.8 Å². The summed E-state index contributed by atoms with van der Waals surface area (Å²) in [6, 6.07) is 9.27. The first-order valence-corrected chi connectivity index (χ1v) is 6.23. The van der Waals surface area contributed by atoms with Gasteiger partial charge in [0, 0.05) is 24.4 Å². The zero-order valence-corrected chi connectivity index (χ0v) is 11.2. The molecule has 5 nitrogen and oxygen atoms in total. The molecule has 2 heterocycles. The first kappa shape index (κ1) is 12.3. The minimum atomic E-state index is -0.0908. The fraction of sp³-hybridized carbons (Fsp3) is 0.133. The molecule has 0 bridgehead atoms. The molecule has 0 spiro atoms. The maximum atomic E-state index is 11.1. The number of nitrogens with zero attached hydrogens (tertiary/aromatic N) is 2. The number of carbonyl (C=O) groups excluding carboxylic acids is 1. The van der Waals surface area contributed by atoms with E-state index in [2.05, 4.69) is 15.3 Å². The number of hydrogen-bond donors (Lipinski definition) is 1. The lowest BCUT2D eigenvalue weighted by molar-refractivity contribution is -0.114. The van der Waals surface area contributed by atoms with Gasteiger partial charge in [-0.1, -0.05) is 0 Å². The predicted molar refractivity (Wildman–Crippen MR) is 76.3 cm³/mol. The molecule has 3 rings (SSSR count). The van der Waals surface area contributed by atoms with Crippen LogP contribution in [-0.2, 0) is 4.79 Å². The lowest BCUT2D eigenvalue weighted by atomic mass is 10.1. The largest absolute Gasteiger partial charge is 0.434 e. The van der Waals surface area contributed by atoms with E-state index in [0.29, 0.717) is 17.1 Å². The van der Waals surface area contributed by atoms with Crippen molar-refractivity contribution in [3.05, 3.63) is 42.1 Å². The third kappa shape index (κ3) is 2.25. The molecule has 20 heavy (non-hydrogen) atoms. The summed E-state index contributed by atoms with van der Waals surface area (Å²) in [5, 5.41) is 2.78. The average molecular weight is 267 g/mol. The number of oxazole rings is 1. The molecule has 0 radical (unpaired) electrons. The first-order valence-electron chi connectivity index (χ1n) is 6.23. The number of rotatable bonds is 2. The molecule has 0 aliphatic carbocycles. The van der Waals surface area contributed by atoms with Gasteiger partial charge in [-0.05, 0) is 42.8 Å². The molecule has 0 saturated carbocycles. The summed E-state index contributed by atoms with van der Waals surface area (Å²) in [7, 11) is 0. The number of nitrogens with one attached hydrogen (secondary N) is 1. The van der Waals surface area contributed by atoms with E-state index in [4.69, 9.17) is 4.42 Å². The van der Waals surface area contributed by atoms with Gasteiger partial charge in [-0.15, -0.1) is 0 Å². The molecule has 2 aromatic heterocycles. The van der Waals surface area contributed by atoms with E-state index in [-0.39, 0.29) is 5.91 Å². The lowest BCUT2D eigenvalue weighted by Crippen LogP contribution is -2.06. The van der Waals surface area contributed by atoms with Gasteiger partial charge in [-0.3, -0.25) is 4.79 Å². The van der Waals surface area contributed by atoms with Crippen LogP contribution in [0.4, 0.5) is 5.69 Å². The van der Waals surface area contributed by atoms with Crippen LogP contribution in [0.2, 0.25) is 0 Å². The zero-order chi connectivity index (χ0) is 14.1. The second kappa shape index (κ2) is 4.77. The second-order valence-corrected chi connectivity index (χ2v) is 4.56. The molecule has 0 fully saturated rings. The van der Waals surface area contributed by atoms with Crippen LogP contribution < -0.4 is 5.32 Å². The Morgan fingerprint density at radius 3 is 2.85 bits per heavy atom. The van der Waals surface area contributed by atoms with Crippen LogP contribution in [0.3, 0.4) is 0 Å². The van der Waals surface area contributed by atoms with Crippen molar-refractivity contribution < 1.29 is 9.21 Å². The first-order chi connectivity index (χ1) is 9.63. The van der Waals surface area contributed by atoms with Crippen molar-refractivity contribution in [2.24, 2.45) is 0 Å². The second-order valence-electron chi connectivity index (χ2n) is 4.56. The number of amides is 1.